The normalized spacial score (nSPS) is 18.9. The Labute approximate surface area is 139 Å². The van der Waals surface area contributed by atoms with Gasteiger partial charge < -0.3 is 15.0 Å². The van der Waals surface area contributed by atoms with Crippen LogP contribution >= 0.6 is 0 Å². The lowest BCUT2D eigenvalue weighted by Crippen LogP contribution is -2.48. The Hall–Kier alpha value is -1.59. The largest absolute Gasteiger partial charge is 0.378 e. The van der Waals surface area contributed by atoms with Gasteiger partial charge in [-0.25, -0.2) is 0 Å². The summed E-state index contributed by atoms with van der Waals surface area (Å²) in [4.78, 5) is 16.7. The van der Waals surface area contributed by atoms with Gasteiger partial charge in [-0.15, -0.1) is 0 Å². The number of morpholine rings is 1. The van der Waals surface area contributed by atoms with E-state index < -0.39 is 0 Å². The molecule has 2 rings (SSSR count). The molecule has 1 amide bonds. The average Bonchev–Trinajstić information content (AvgIpc) is 2.52. The average molecular weight is 319 g/mol. The van der Waals surface area contributed by atoms with E-state index in [1.165, 1.54) is 0 Å². The van der Waals surface area contributed by atoms with E-state index in [2.05, 4.69) is 24.1 Å². The van der Waals surface area contributed by atoms with Crippen LogP contribution in [0.4, 0.5) is 5.69 Å². The highest BCUT2D eigenvalue weighted by Crippen LogP contribution is 2.13. The molecule has 0 unspecified atom stereocenters. The zero-order valence-corrected chi connectivity index (χ0v) is 14.7. The van der Waals surface area contributed by atoms with Crippen LogP contribution in [0.1, 0.15) is 24.2 Å². The number of anilines is 1. The Morgan fingerprint density at radius 2 is 2.22 bits per heavy atom. The molecule has 1 atom stereocenters. The van der Waals surface area contributed by atoms with Crippen molar-refractivity contribution >= 4 is 11.6 Å². The molecule has 128 valence electrons. The SMILES string of the molecule is CC(C)CN1CCO[C@H](CNC(=O)c2cccc(N(C)C)c2)C1. The molecule has 0 spiro atoms. The van der Waals surface area contributed by atoms with E-state index in [1.807, 2.05) is 43.3 Å². The van der Waals surface area contributed by atoms with Crippen LogP contribution in [-0.4, -0.2) is 63.8 Å². The topological polar surface area (TPSA) is 44.8 Å². The lowest BCUT2D eigenvalue weighted by atomic mass is 10.1. The highest BCUT2D eigenvalue weighted by molar-refractivity contribution is 5.95. The van der Waals surface area contributed by atoms with E-state index in [1.54, 1.807) is 0 Å². The minimum absolute atomic E-state index is 0.0433. The zero-order chi connectivity index (χ0) is 16.8. The number of carbonyl (C=O) groups is 1. The molecule has 1 heterocycles. The molecular formula is C18H29N3O2. The van der Waals surface area contributed by atoms with Crippen molar-refractivity contribution in [1.82, 2.24) is 10.2 Å². The van der Waals surface area contributed by atoms with E-state index >= 15 is 0 Å². The lowest BCUT2D eigenvalue weighted by molar-refractivity contribution is -0.0295. The van der Waals surface area contributed by atoms with Gasteiger partial charge in [0.15, 0.2) is 0 Å². The van der Waals surface area contributed by atoms with Gasteiger partial charge in [0.2, 0.25) is 0 Å². The summed E-state index contributed by atoms with van der Waals surface area (Å²) in [5.41, 5.74) is 1.71. The maximum absolute atomic E-state index is 12.3. The van der Waals surface area contributed by atoms with Gasteiger partial charge in [-0.3, -0.25) is 9.69 Å². The third-order valence-corrected chi connectivity index (χ3v) is 3.96. The molecule has 0 saturated carbocycles. The molecule has 1 saturated heterocycles. The molecule has 1 aliphatic rings. The number of rotatable bonds is 6. The second-order valence-electron chi connectivity index (χ2n) is 6.80. The third kappa shape index (κ3) is 5.52. The van der Waals surface area contributed by atoms with Crippen LogP contribution in [-0.2, 0) is 4.74 Å². The first-order valence-electron chi connectivity index (χ1n) is 8.35. The second-order valence-corrected chi connectivity index (χ2v) is 6.80. The van der Waals surface area contributed by atoms with Crippen LogP contribution in [0.15, 0.2) is 24.3 Å². The van der Waals surface area contributed by atoms with Crippen molar-refractivity contribution in [3.63, 3.8) is 0 Å². The van der Waals surface area contributed by atoms with E-state index in [9.17, 15) is 4.79 Å². The predicted octanol–water partition coefficient (Wildman–Crippen LogP) is 1.84. The van der Waals surface area contributed by atoms with Crippen molar-refractivity contribution in [2.75, 3.05) is 51.8 Å². The van der Waals surface area contributed by atoms with E-state index in [0.717, 1.165) is 31.9 Å². The van der Waals surface area contributed by atoms with Crippen LogP contribution in [0.2, 0.25) is 0 Å². The number of benzene rings is 1. The first kappa shape index (κ1) is 17.8. The van der Waals surface area contributed by atoms with Crippen molar-refractivity contribution < 1.29 is 9.53 Å². The Morgan fingerprint density at radius 3 is 2.91 bits per heavy atom. The minimum Gasteiger partial charge on any atom is -0.378 e. The van der Waals surface area contributed by atoms with Crippen molar-refractivity contribution in [2.24, 2.45) is 5.92 Å². The Balaban J connectivity index is 1.85. The smallest absolute Gasteiger partial charge is 0.251 e. The molecule has 1 aromatic rings. The van der Waals surface area contributed by atoms with Gasteiger partial charge in [0.25, 0.3) is 5.91 Å². The molecule has 0 bridgehead atoms. The summed E-state index contributed by atoms with van der Waals surface area (Å²) in [5.74, 6) is 0.607. The quantitative estimate of drug-likeness (QED) is 0.869. The number of hydrogen-bond donors (Lipinski definition) is 1. The third-order valence-electron chi connectivity index (χ3n) is 3.96. The van der Waals surface area contributed by atoms with Crippen LogP contribution in [0.5, 0.6) is 0 Å². The van der Waals surface area contributed by atoms with Gasteiger partial charge in [-0.2, -0.15) is 0 Å². The predicted molar refractivity (Wildman–Crippen MR) is 94.1 cm³/mol. The molecule has 0 radical (unpaired) electrons. The highest BCUT2D eigenvalue weighted by Gasteiger charge is 2.21. The van der Waals surface area contributed by atoms with E-state index in [-0.39, 0.29) is 12.0 Å². The number of hydrogen-bond acceptors (Lipinski definition) is 4. The molecule has 5 nitrogen and oxygen atoms in total. The molecular weight excluding hydrogens is 290 g/mol. The summed E-state index contributed by atoms with van der Waals surface area (Å²) in [6.45, 7) is 8.69. The number of ether oxygens (including phenoxy) is 1. The fraction of sp³-hybridized carbons (Fsp3) is 0.611. The fourth-order valence-corrected chi connectivity index (χ4v) is 2.82. The van der Waals surface area contributed by atoms with Crippen molar-refractivity contribution in [1.29, 1.82) is 0 Å². The minimum atomic E-state index is -0.0433. The van der Waals surface area contributed by atoms with Gasteiger partial charge in [-0.05, 0) is 24.1 Å². The standard InChI is InChI=1S/C18H29N3O2/c1-14(2)12-21-8-9-23-17(13-21)11-19-18(22)15-6-5-7-16(10-15)20(3)4/h5-7,10,14,17H,8-9,11-13H2,1-4H3,(H,19,22)/t17-/m1/s1. The van der Waals surface area contributed by atoms with Crippen molar-refractivity contribution in [3.8, 4) is 0 Å². The number of carbonyl (C=O) groups excluding carboxylic acids is 1. The summed E-state index contributed by atoms with van der Waals surface area (Å²) >= 11 is 0. The molecule has 1 aliphatic heterocycles. The Bertz CT molecular complexity index is 517. The highest BCUT2D eigenvalue weighted by atomic mass is 16.5. The number of nitrogens with one attached hydrogen (secondary N) is 1. The van der Waals surface area contributed by atoms with Gasteiger partial charge in [0, 0.05) is 51.5 Å². The number of amides is 1. The Kier molecular flexibility index (Phi) is 6.42. The molecule has 1 fully saturated rings. The van der Waals surface area contributed by atoms with E-state index in [0.29, 0.717) is 18.0 Å². The molecule has 5 heteroatoms. The van der Waals surface area contributed by atoms with Crippen LogP contribution < -0.4 is 10.2 Å². The molecule has 23 heavy (non-hydrogen) atoms. The van der Waals surface area contributed by atoms with Gasteiger partial charge in [0.05, 0.1) is 12.7 Å². The first-order valence-corrected chi connectivity index (χ1v) is 8.35. The molecule has 0 aromatic heterocycles. The second kappa shape index (κ2) is 8.31. The fourth-order valence-electron chi connectivity index (χ4n) is 2.82. The van der Waals surface area contributed by atoms with Crippen molar-refractivity contribution in [3.05, 3.63) is 29.8 Å². The lowest BCUT2D eigenvalue weighted by Gasteiger charge is -2.33. The van der Waals surface area contributed by atoms with Crippen LogP contribution in [0.25, 0.3) is 0 Å². The zero-order valence-electron chi connectivity index (χ0n) is 14.7. The van der Waals surface area contributed by atoms with Crippen LogP contribution in [0.3, 0.4) is 0 Å². The first-order chi connectivity index (χ1) is 11.0. The van der Waals surface area contributed by atoms with Gasteiger partial charge in [-0.1, -0.05) is 19.9 Å². The maximum Gasteiger partial charge on any atom is 0.251 e. The Morgan fingerprint density at radius 1 is 1.43 bits per heavy atom. The summed E-state index contributed by atoms with van der Waals surface area (Å²) in [6.07, 6.45) is 0.0727. The van der Waals surface area contributed by atoms with Crippen molar-refractivity contribution in [2.45, 2.75) is 20.0 Å². The summed E-state index contributed by atoms with van der Waals surface area (Å²) in [5, 5.41) is 3.00. The maximum atomic E-state index is 12.3. The van der Waals surface area contributed by atoms with E-state index in [4.69, 9.17) is 4.74 Å². The summed E-state index contributed by atoms with van der Waals surface area (Å²) in [6, 6.07) is 7.65. The summed E-state index contributed by atoms with van der Waals surface area (Å²) < 4.78 is 5.77. The monoisotopic (exact) mass is 319 g/mol. The van der Waals surface area contributed by atoms with Gasteiger partial charge >= 0.3 is 0 Å². The molecule has 1 aromatic carbocycles. The molecule has 1 N–H and O–H groups in total. The molecule has 0 aliphatic carbocycles. The van der Waals surface area contributed by atoms with Crippen LogP contribution in [0, 0.1) is 5.92 Å². The summed E-state index contributed by atoms with van der Waals surface area (Å²) in [7, 11) is 3.94. The van der Waals surface area contributed by atoms with Gasteiger partial charge in [0.1, 0.15) is 0 Å². The number of nitrogens with zero attached hydrogens (tertiary/aromatic N) is 2.